The fourth-order valence-corrected chi connectivity index (χ4v) is 1.42. The Hall–Kier alpha value is -1.33. The third kappa shape index (κ3) is 3.73. The van der Waals surface area contributed by atoms with Crippen LogP contribution in [0.15, 0.2) is 24.3 Å². The van der Waals surface area contributed by atoms with E-state index in [0.29, 0.717) is 12.6 Å². The molecule has 2 heteroatoms. The topological polar surface area (TPSA) is 3.24 Å². The van der Waals surface area contributed by atoms with E-state index in [9.17, 15) is 4.39 Å². The summed E-state index contributed by atoms with van der Waals surface area (Å²) in [4.78, 5) is 2.10. The summed E-state index contributed by atoms with van der Waals surface area (Å²) in [5.74, 6) is 2.42. The van der Waals surface area contributed by atoms with Crippen molar-refractivity contribution in [2.45, 2.75) is 19.4 Å². The van der Waals surface area contributed by atoms with Crippen molar-refractivity contribution in [2.24, 2.45) is 0 Å². The van der Waals surface area contributed by atoms with Crippen LogP contribution in [0, 0.1) is 18.2 Å². The Balaban J connectivity index is 2.55. The normalized spacial score (nSPS) is 12.5. The maximum atomic E-state index is 12.7. The van der Waals surface area contributed by atoms with Crippen molar-refractivity contribution in [1.82, 2.24) is 4.90 Å². The Morgan fingerprint density at radius 3 is 2.53 bits per heavy atom. The summed E-state index contributed by atoms with van der Waals surface area (Å²) in [5, 5.41) is 0. The van der Waals surface area contributed by atoms with Crippen molar-refractivity contribution in [3.8, 4) is 12.3 Å². The van der Waals surface area contributed by atoms with Crippen LogP contribution >= 0.6 is 0 Å². The average Bonchev–Trinajstić information content (AvgIpc) is 2.22. The first-order valence-corrected chi connectivity index (χ1v) is 5.01. The molecule has 0 heterocycles. The summed E-state index contributed by atoms with van der Waals surface area (Å²) in [6, 6.07) is 6.98. The van der Waals surface area contributed by atoms with Gasteiger partial charge in [0.05, 0.1) is 6.54 Å². The van der Waals surface area contributed by atoms with Crippen LogP contribution in [-0.4, -0.2) is 24.5 Å². The molecule has 0 saturated carbocycles. The lowest BCUT2D eigenvalue weighted by atomic mass is 10.1. The Labute approximate surface area is 90.9 Å². The Morgan fingerprint density at radius 1 is 1.40 bits per heavy atom. The van der Waals surface area contributed by atoms with Crippen molar-refractivity contribution in [1.29, 1.82) is 0 Å². The minimum absolute atomic E-state index is 0.191. The minimum atomic E-state index is -0.191. The molecule has 0 aromatic heterocycles. The summed E-state index contributed by atoms with van der Waals surface area (Å²) < 4.78 is 12.7. The highest BCUT2D eigenvalue weighted by molar-refractivity contribution is 5.17. The smallest absolute Gasteiger partial charge is 0.123 e. The molecule has 1 aromatic carbocycles. The van der Waals surface area contributed by atoms with Gasteiger partial charge < -0.3 is 0 Å². The number of likely N-dealkylation sites (N-methyl/N-ethyl adjacent to an activating group) is 1. The molecule has 1 unspecified atom stereocenters. The van der Waals surface area contributed by atoms with Crippen molar-refractivity contribution in [3.63, 3.8) is 0 Å². The number of rotatable bonds is 4. The molecule has 1 nitrogen and oxygen atoms in total. The monoisotopic (exact) mass is 204 g/mol. The molecule has 80 valence electrons. The molecule has 1 rings (SSSR count). The highest BCUT2D eigenvalue weighted by Crippen LogP contribution is 2.08. The molecule has 0 N–H and O–H groups in total. The zero-order valence-corrected chi connectivity index (χ0v) is 9.20. The average molecular weight is 204 g/mol. The van der Waals surface area contributed by atoms with E-state index in [2.05, 4.69) is 17.7 Å². The number of terminal acetylenes is 1. The van der Waals surface area contributed by atoms with Crippen LogP contribution in [0.4, 0.5) is 4.39 Å². The highest BCUT2D eigenvalue weighted by atomic mass is 18.2. The lowest BCUT2D eigenvalue weighted by molar-refractivity contribution is 0.287. The summed E-state index contributed by atoms with van der Waals surface area (Å²) in [6.45, 7) is 2.75. The highest BCUT2D eigenvalue weighted by Gasteiger charge is 2.08. The standard InChI is InChI=1S/C13H16FN/c1-4-9-15(3)11(2)10-12-5-7-13(14)8-6-12/h1,5-8,11H,9-10H2,2-3H3/i14-1. The van der Waals surface area contributed by atoms with E-state index in [1.165, 1.54) is 12.1 Å². The van der Waals surface area contributed by atoms with Gasteiger partial charge in [-0.3, -0.25) is 4.90 Å². The van der Waals surface area contributed by atoms with Gasteiger partial charge in [0.2, 0.25) is 0 Å². The maximum Gasteiger partial charge on any atom is 0.123 e. The lowest BCUT2D eigenvalue weighted by Gasteiger charge is -2.22. The van der Waals surface area contributed by atoms with Gasteiger partial charge in [-0.15, -0.1) is 6.42 Å². The van der Waals surface area contributed by atoms with Crippen molar-refractivity contribution in [3.05, 3.63) is 35.6 Å². The van der Waals surface area contributed by atoms with E-state index in [0.717, 1.165) is 12.0 Å². The Morgan fingerprint density at radius 2 is 2.00 bits per heavy atom. The lowest BCUT2D eigenvalue weighted by Crippen LogP contribution is -2.31. The van der Waals surface area contributed by atoms with Gasteiger partial charge in [0.1, 0.15) is 5.82 Å². The molecule has 0 aliphatic carbocycles. The van der Waals surface area contributed by atoms with Crippen LogP contribution in [0.5, 0.6) is 0 Å². The predicted molar refractivity (Wildman–Crippen MR) is 61.0 cm³/mol. The van der Waals surface area contributed by atoms with Gasteiger partial charge in [-0.25, -0.2) is 4.39 Å². The molecule has 0 saturated heterocycles. The number of nitrogens with zero attached hydrogens (tertiary/aromatic N) is 1. The first-order chi connectivity index (χ1) is 7.13. The zero-order chi connectivity index (χ0) is 11.3. The number of hydrogen-bond acceptors (Lipinski definition) is 1. The quantitative estimate of drug-likeness (QED) is 0.680. The van der Waals surface area contributed by atoms with Crippen LogP contribution < -0.4 is 0 Å². The molecule has 15 heavy (non-hydrogen) atoms. The first-order valence-electron chi connectivity index (χ1n) is 5.01. The fourth-order valence-electron chi connectivity index (χ4n) is 1.42. The number of benzene rings is 1. The summed E-state index contributed by atoms with van der Waals surface area (Å²) in [6.07, 6.45) is 6.13. The van der Waals surface area contributed by atoms with E-state index in [4.69, 9.17) is 6.42 Å². The summed E-state index contributed by atoms with van der Waals surface area (Å²) in [5.41, 5.74) is 1.13. The molecule has 1 aromatic rings. The zero-order valence-electron chi connectivity index (χ0n) is 9.20. The second-order valence-electron chi connectivity index (χ2n) is 3.80. The molecule has 0 amide bonds. The van der Waals surface area contributed by atoms with E-state index in [1.807, 2.05) is 19.2 Å². The molecule has 0 fully saturated rings. The molecule has 0 radical (unpaired) electrons. The molecule has 1 atom stereocenters. The largest absolute Gasteiger partial charge is 0.292 e. The third-order valence-electron chi connectivity index (χ3n) is 2.54. The van der Waals surface area contributed by atoms with Crippen LogP contribution in [0.25, 0.3) is 0 Å². The van der Waals surface area contributed by atoms with E-state index >= 15 is 0 Å². The number of halogens is 1. The van der Waals surface area contributed by atoms with Gasteiger partial charge in [-0.05, 0) is 38.1 Å². The molecular formula is C13H16FN. The van der Waals surface area contributed by atoms with Gasteiger partial charge >= 0.3 is 0 Å². The molecular weight excluding hydrogens is 188 g/mol. The van der Waals surface area contributed by atoms with Gasteiger partial charge in [-0.2, -0.15) is 0 Å². The Bertz CT molecular complexity index is 337. The second kappa shape index (κ2) is 5.53. The maximum absolute atomic E-state index is 12.7. The van der Waals surface area contributed by atoms with Gasteiger partial charge in [0.15, 0.2) is 0 Å². The number of hydrogen-bond donors (Lipinski definition) is 0. The molecule has 0 spiro atoms. The van der Waals surface area contributed by atoms with Gasteiger partial charge in [0, 0.05) is 6.04 Å². The van der Waals surface area contributed by atoms with E-state index in [-0.39, 0.29) is 5.82 Å². The van der Waals surface area contributed by atoms with E-state index < -0.39 is 0 Å². The summed E-state index contributed by atoms with van der Waals surface area (Å²) in [7, 11) is 1.99. The van der Waals surface area contributed by atoms with Crippen molar-refractivity contribution in [2.75, 3.05) is 13.6 Å². The van der Waals surface area contributed by atoms with Crippen LogP contribution in [0.2, 0.25) is 0 Å². The third-order valence-corrected chi connectivity index (χ3v) is 2.54. The fraction of sp³-hybridized carbons (Fsp3) is 0.385. The van der Waals surface area contributed by atoms with E-state index in [1.54, 1.807) is 0 Å². The molecule has 0 aliphatic heterocycles. The van der Waals surface area contributed by atoms with Crippen LogP contribution in [-0.2, 0) is 6.42 Å². The van der Waals surface area contributed by atoms with Crippen molar-refractivity contribution >= 4 is 0 Å². The van der Waals surface area contributed by atoms with Crippen LogP contribution in [0.1, 0.15) is 12.5 Å². The molecule has 0 bridgehead atoms. The summed E-state index contributed by atoms with van der Waals surface area (Å²) >= 11 is 0. The van der Waals surface area contributed by atoms with Crippen LogP contribution in [0.3, 0.4) is 0 Å². The van der Waals surface area contributed by atoms with Crippen molar-refractivity contribution < 1.29 is 4.39 Å². The Kier molecular flexibility index (Phi) is 4.33. The molecule has 0 aliphatic rings. The minimum Gasteiger partial charge on any atom is -0.292 e. The van der Waals surface area contributed by atoms with Gasteiger partial charge in [-0.1, -0.05) is 18.1 Å². The van der Waals surface area contributed by atoms with Gasteiger partial charge in [0.25, 0.3) is 0 Å². The first kappa shape index (κ1) is 11.7. The SMILES string of the molecule is C#CCN(C)C(C)Cc1ccc([18F])cc1. The second-order valence-corrected chi connectivity index (χ2v) is 3.80. The predicted octanol–water partition coefficient (Wildman–Crippen LogP) is 2.32.